The molecule has 112 valence electrons. The standard InChI is InChI=1S/C16H20N2O3/c19-16-13(17-11-2-3-11)6-7-18(16)12-4-5-14-15(10-12)21-9-1-8-20-14/h4-5,10-11,13,17H,1-3,6-9H2. The second-order valence-corrected chi connectivity index (χ2v) is 5.95. The summed E-state index contributed by atoms with van der Waals surface area (Å²) in [6.45, 7) is 2.11. The van der Waals surface area contributed by atoms with Crippen LogP contribution < -0.4 is 19.7 Å². The van der Waals surface area contributed by atoms with Crippen LogP contribution in [0.25, 0.3) is 0 Å². The van der Waals surface area contributed by atoms with Gasteiger partial charge in [-0.15, -0.1) is 0 Å². The van der Waals surface area contributed by atoms with E-state index < -0.39 is 0 Å². The van der Waals surface area contributed by atoms with Crippen LogP contribution in [0.1, 0.15) is 25.7 Å². The number of amides is 1. The van der Waals surface area contributed by atoms with Crippen LogP contribution in [0, 0.1) is 0 Å². The Morgan fingerprint density at radius 1 is 1.10 bits per heavy atom. The van der Waals surface area contributed by atoms with Crippen molar-refractivity contribution < 1.29 is 14.3 Å². The fourth-order valence-corrected chi connectivity index (χ4v) is 2.95. The monoisotopic (exact) mass is 288 g/mol. The molecule has 0 radical (unpaired) electrons. The van der Waals surface area contributed by atoms with E-state index >= 15 is 0 Å². The van der Waals surface area contributed by atoms with Crippen LogP contribution in [0.4, 0.5) is 5.69 Å². The number of nitrogens with one attached hydrogen (secondary N) is 1. The molecule has 0 aromatic heterocycles. The van der Waals surface area contributed by atoms with Gasteiger partial charge in [-0.1, -0.05) is 0 Å². The Hall–Kier alpha value is -1.75. The Labute approximate surface area is 124 Å². The lowest BCUT2D eigenvalue weighted by Crippen LogP contribution is -2.39. The van der Waals surface area contributed by atoms with Crippen molar-refractivity contribution in [2.24, 2.45) is 0 Å². The summed E-state index contributed by atoms with van der Waals surface area (Å²) in [5.74, 6) is 1.70. The minimum absolute atomic E-state index is 0.0199. The number of anilines is 1. The average Bonchev–Trinajstić information content (AvgIpc) is 3.27. The van der Waals surface area contributed by atoms with E-state index in [4.69, 9.17) is 9.47 Å². The molecule has 21 heavy (non-hydrogen) atoms. The number of hydrogen-bond donors (Lipinski definition) is 1. The third kappa shape index (κ3) is 2.58. The maximum absolute atomic E-state index is 12.5. The maximum Gasteiger partial charge on any atom is 0.244 e. The summed E-state index contributed by atoms with van der Waals surface area (Å²) in [6, 6.07) is 6.32. The summed E-state index contributed by atoms with van der Waals surface area (Å²) in [6.07, 6.45) is 4.17. The summed E-state index contributed by atoms with van der Waals surface area (Å²) in [5.41, 5.74) is 0.907. The average molecular weight is 288 g/mol. The molecule has 1 aromatic carbocycles. The van der Waals surface area contributed by atoms with Crippen LogP contribution in [-0.2, 0) is 4.79 Å². The van der Waals surface area contributed by atoms with Crippen LogP contribution >= 0.6 is 0 Å². The summed E-state index contributed by atoms with van der Waals surface area (Å²) < 4.78 is 11.3. The van der Waals surface area contributed by atoms with E-state index in [0.717, 1.165) is 36.6 Å². The van der Waals surface area contributed by atoms with Gasteiger partial charge < -0.3 is 19.7 Å². The predicted molar refractivity (Wildman–Crippen MR) is 79.0 cm³/mol. The summed E-state index contributed by atoms with van der Waals surface area (Å²) in [4.78, 5) is 14.4. The van der Waals surface area contributed by atoms with Gasteiger partial charge >= 0.3 is 0 Å². The lowest BCUT2D eigenvalue weighted by molar-refractivity contribution is -0.118. The summed E-state index contributed by atoms with van der Waals surface area (Å²) >= 11 is 0. The third-order valence-corrected chi connectivity index (χ3v) is 4.26. The van der Waals surface area contributed by atoms with Crippen molar-refractivity contribution in [2.45, 2.75) is 37.8 Å². The highest BCUT2D eigenvalue weighted by Crippen LogP contribution is 2.35. The van der Waals surface area contributed by atoms with E-state index in [9.17, 15) is 4.79 Å². The van der Waals surface area contributed by atoms with Gasteiger partial charge in [-0.3, -0.25) is 4.79 Å². The van der Waals surface area contributed by atoms with Gasteiger partial charge in [0.05, 0.1) is 19.3 Å². The van der Waals surface area contributed by atoms with Crippen molar-refractivity contribution in [1.82, 2.24) is 5.32 Å². The van der Waals surface area contributed by atoms with Gasteiger partial charge in [0.25, 0.3) is 0 Å². The molecule has 1 unspecified atom stereocenters. The first kappa shape index (κ1) is 13.0. The summed E-state index contributed by atoms with van der Waals surface area (Å²) in [5, 5.41) is 3.43. The van der Waals surface area contributed by atoms with Crippen molar-refractivity contribution >= 4 is 11.6 Å². The van der Waals surface area contributed by atoms with Crippen molar-refractivity contribution in [1.29, 1.82) is 0 Å². The van der Waals surface area contributed by atoms with E-state index in [2.05, 4.69) is 5.32 Å². The molecule has 3 aliphatic rings. The smallest absolute Gasteiger partial charge is 0.244 e. The van der Waals surface area contributed by atoms with Gasteiger partial charge in [0.2, 0.25) is 5.91 Å². The SMILES string of the molecule is O=C1C(NC2CC2)CCN1c1ccc2c(c1)OCCCO2. The van der Waals surface area contributed by atoms with E-state index in [-0.39, 0.29) is 11.9 Å². The Morgan fingerprint density at radius 2 is 1.90 bits per heavy atom. The van der Waals surface area contributed by atoms with Gasteiger partial charge in [0, 0.05) is 30.8 Å². The van der Waals surface area contributed by atoms with E-state index in [1.807, 2.05) is 23.1 Å². The van der Waals surface area contributed by atoms with Gasteiger partial charge in [0.15, 0.2) is 11.5 Å². The Balaban J connectivity index is 1.53. The zero-order valence-corrected chi connectivity index (χ0v) is 12.0. The van der Waals surface area contributed by atoms with E-state index in [1.54, 1.807) is 0 Å². The number of benzene rings is 1. The fourth-order valence-electron chi connectivity index (χ4n) is 2.95. The normalized spacial score (nSPS) is 25.0. The van der Waals surface area contributed by atoms with Gasteiger partial charge in [0.1, 0.15) is 0 Å². The van der Waals surface area contributed by atoms with Crippen LogP contribution in [0.3, 0.4) is 0 Å². The highest BCUT2D eigenvalue weighted by Gasteiger charge is 2.36. The molecule has 2 aliphatic heterocycles. The molecule has 1 aromatic rings. The molecular formula is C16H20N2O3. The van der Waals surface area contributed by atoms with Crippen LogP contribution in [0.2, 0.25) is 0 Å². The second kappa shape index (κ2) is 5.22. The van der Waals surface area contributed by atoms with Crippen molar-refractivity contribution in [2.75, 3.05) is 24.7 Å². The highest BCUT2D eigenvalue weighted by atomic mass is 16.5. The highest BCUT2D eigenvalue weighted by molar-refractivity contribution is 5.99. The molecule has 1 N–H and O–H groups in total. The lowest BCUT2D eigenvalue weighted by atomic mass is 10.2. The minimum atomic E-state index is -0.0199. The van der Waals surface area contributed by atoms with Crippen molar-refractivity contribution in [3.05, 3.63) is 18.2 Å². The minimum Gasteiger partial charge on any atom is -0.490 e. The molecule has 1 atom stereocenters. The van der Waals surface area contributed by atoms with Gasteiger partial charge in [-0.05, 0) is 31.4 Å². The number of rotatable bonds is 3. The number of hydrogen-bond acceptors (Lipinski definition) is 4. The molecule has 5 heteroatoms. The van der Waals surface area contributed by atoms with Gasteiger partial charge in [-0.2, -0.15) is 0 Å². The quantitative estimate of drug-likeness (QED) is 0.920. The van der Waals surface area contributed by atoms with E-state index in [0.29, 0.717) is 19.3 Å². The third-order valence-electron chi connectivity index (χ3n) is 4.26. The molecule has 2 fully saturated rings. The summed E-state index contributed by atoms with van der Waals surface area (Å²) in [7, 11) is 0. The lowest BCUT2D eigenvalue weighted by Gasteiger charge is -2.19. The molecule has 0 bridgehead atoms. The molecule has 5 nitrogen and oxygen atoms in total. The molecular weight excluding hydrogens is 268 g/mol. The molecule has 2 heterocycles. The molecule has 0 spiro atoms. The largest absolute Gasteiger partial charge is 0.490 e. The molecule has 1 amide bonds. The number of ether oxygens (including phenoxy) is 2. The Kier molecular flexibility index (Phi) is 3.22. The Bertz CT molecular complexity index is 556. The first-order chi connectivity index (χ1) is 10.3. The topological polar surface area (TPSA) is 50.8 Å². The second-order valence-electron chi connectivity index (χ2n) is 5.95. The van der Waals surface area contributed by atoms with E-state index in [1.165, 1.54) is 12.8 Å². The number of nitrogens with zero attached hydrogens (tertiary/aromatic N) is 1. The van der Waals surface area contributed by atoms with Crippen LogP contribution in [0.15, 0.2) is 18.2 Å². The molecule has 1 aliphatic carbocycles. The molecule has 1 saturated heterocycles. The van der Waals surface area contributed by atoms with Crippen molar-refractivity contribution in [3.63, 3.8) is 0 Å². The zero-order chi connectivity index (χ0) is 14.2. The first-order valence-corrected chi connectivity index (χ1v) is 7.78. The van der Waals surface area contributed by atoms with Gasteiger partial charge in [-0.25, -0.2) is 0 Å². The van der Waals surface area contributed by atoms with Crippen LogP contribution in [0.5, 0.6) is 11.5 Å². The fraction of sp³-hybridized carbons (Fsp3) is 0.562. The zero-order valence-electron chi connectivity index (χ0n) is 12.0. The molecule has 4 rings (SSSR count). The van der Waals surface area contributed by atoms with Crippen molar-refractivity contribution in [3.8, 4) is 11.5 Å². The van der Waals surface area contributed by atoms with Crippen LogP contribution in [-0.4, -0.2) is 37.7 Å². The predicted octanol–water partition coefficient (Wildman–Crippen LogP) is 1.71. The number of carbonyl (C=O) groups excluding carboxylic acids is 1. The number of fused-ring (bicyclic) bond motifs is 1. The first-order valence-electron chi connectivity index (χ1n) is 7.78. The Morgan fingerprint density at radius 3 is 2.71 bits per heavy atom. The number of carbonyl (C=O) groups is 1. The molecule has 1 saturated carbocycles. The maximum atomic E-state index is 12.5.